The lowest BCUT2D eigenvalue weighted by molar-refractivity contribution is -0.140. The van der Waals surface area contributed by atoms with Crippen LogP contribution < -0.4 is 14.4 Å². The quantitative estimate of drug-likeness (QED) is 0.392. The first kappa shape index (κ1) is 27.7. The molecule has 3 aromatic carbocycles. The van der Waals surface area contributed by atoms with Crippen molar-refractivity contribution in [2.75, 3.05) is 24.2 Å². The molecule has 37 heavy (non-hydrogen) atoms. The molecule has 0 bridgehead atoms. The van der Waals surface area contributed by atoms with Crippen LogP contribution in [0.5, 0.6) is 5.75 Å². The molecule has 0 aromatic heterocycles. The lowest BCUT2D eigenvalue weighted by Crippen LogP contribution is -2.51. The van der Waals surface area contributed by atoms with Crippen LogP contribution in [0.3, 0.4) is 0 Å². The van der Waals surface area contributed by atoms with Gasteiger partial charge < -0.3 is 15.0 Å². The SMILES string of the molecule is CC[C@H](C(=O)NC)N(Cc1ccccc1)C(=O)CN(c1ccc(OCc2ccccc2)cc1)S(C)(=O)=O. The van der Waals surface area contributed by atoms with Gasteiger partial charge in [0.25, 0.3) is 0 Å². The number of nitrogens with one attached hydrogen (secondary N) is 1. The van der Waals surface area contributed by atoms with E-state index in [1.807, 2.05) is 67.6 Å². The second kappa shape index (κ2) is 12.9. The van der Waals surface area contributed by atoms with E-state index in [2.05, 4.69) is 5.32 Å². The largest absolute Gasteiger partial charge is 0.489 e. The molecule has 0 saturated carbocycles. The van der Waals surface area contributed by atoms with Crippen LogP contribution in [0, 0.1) is 0 Å². The molecular formula is C28H33N3O5S. The number of anilines is 1. The summed E-state index contributed by atoms with van der Waals surface area (Å²) in [5.41, 5.74) is 2.18. The zero-order valence-electron chi connectivity index (χ0n) is 21.3. The molecule has 0 aliphatic carbocycles. The summed E-state index contributed by atoms with van der Waals surface area (Å²) >= 11 is 0. The average molecular weight is 524 g/mol. The molecule has 0 saturated heterocycles. The first-order valence-corrected chi connectivity index (χ1v) is 13.9. The van der Waals surface area contributed by atoms with Crippen LogP contribution in [-0.2, 0) is 32.8 Å². The average Bonchev–Trinajstić information content (AvgIpc) is 2.91. The number of carbonyl (C=O) groups is 2. The summed E-state index contributed by atoms with van der Waals surface area (Å²) in [7, 11) is -2.29. The van der Waals surface area contributed by atoms with Crippen molar-refractivity contribution in [3.63, 3.8) is 0 Å². The Labute approximate surface area is 218 Å². The first-order valence-electron chi connectivity index (χ1n) is 12.0. The Hall–Kier alpha value is -3.85. The van der Waals surface area contributed by atoms with Crippen molar-refractivity contribution < 1.29 is 22.7 Å². The van der Waals surface area contributed by atoms with E-state index in [-0.39, 0.29) is 12.5 Å². The fourth-order valence-corrected chi connectivity index (χ4v) is 4.78. The van der Waals surface area contributed by atoms with E-state index < -0.39 is 28.5 Å². The lowest BCUT2D eigenvalue weighted by atomic mass is 10.1. The Morgan fingerprint density at radius 2 is 1.46 bits per heavy atom. The smallest absolute Gasteiger partial charge is 0.244 e. The zero-order valence-corrected chi connectivity index (χ0v) is 22.1. The predicted molar refractivity (Wildman–Crippen MR) is 145 cm³/mol. The van der Waals surface area contributed by atoms with Crippen molar-refractivity contribution in [3.05, 3.63) is 96.1 Å². The molecule has 3 aromatic rings. The number of hydrogen-bond donors (Lipinski definition) is 1. The minimum atomic E-state index is -3.80. The number of amides is 2. The molecule has 0 aliphatic rings. The van der Waals surface area contributed by atoms with Gasteiger partial charge in [-0.25, -0.2) is 8.42 Å². The van der Waals surface area contributed by atoms with Crippen LogP contribution in [0.4, 0.5) is 5.69 Å². The second-order valence-electron chi connectivity index (χ2n) is 8.58. The highest BCUT2D eigenvalue weighted by Crippen LogP contribution is 2.23. The van der Waals surface area contributed by atoms with E-state index in [0.717, 1.165) is 21.7 Å². The minimum Gasteiger partial charge on any atom is -0.489 e. The van der Waals surface area contributed by atoms with E-state index in [1.165, 1.54) is 11.9 Å². The van der Waals surface area contributed by atoms with Gasteiger partial charge in [-0.05, 0) is 41.8 Å². The Kier molecular flexibility index (Phi) is 9.68. The molecule has 1 atom stereocenters. The lowest BCUT2D eigenvalue weighted by Gasteiger charge is -2.32. The van der Waals surface area contributed by atoms with Gasteiger partial charge in [0, 0.05) is 13.6 Å². The van der Waals surface area contributed by atoms with Gasteiger partial charge in [0.2, 0.25) is 21.8 Å². The van der Waals surface area contributed by atoms with Crippen molar-refractivity contribution >= 4 is 27.5 Å². The van der Waals surface area contributed by atoms with Crippen molar-refractivity contribution in [2.45, 2.75) is 32.5 Å². The number of benzene rings is 3. The van der Waals surface area contributed by atoms with Gasteiger partial charge in [0.05, 0.1) is 11.9 Å². The maximum atomic E-state index is 13.5. The second-order valence-corrected chi connectivity index (χ2v) is 10.5. The van der Waals surface area contributed by atoms with Crippen LogP contribution >= 0.6 is 0 Å². The first-order chi connectivity index (χ1) is 17.7. The molecule has 8 nitrogen and oxygen atoms in total. The molecule has 9 heteroatoms. The van der Waals surface area contributed by atoms with Gasteiger partial charge in [-0.2, -0.15) is 0 Å². The molecule has 0 fully saturated rings. The fourth-order valence-electron chi connectivity index (χ4n) is 3.93. The van der Waals surface area contributed by atoms with E-state index >= 15 is 0 Å². The standard InChI is InChI=1S/C28H33N3O5S/c1-4-26(28(33)29-2)30(19-22-11-7-5-8-12-22)27(32)20-31(37(3,34)35)24-15-17-25(18-16-24)36-21-23-13-9-6-10-14-23/h5-18,26H,4,19-21H2,1-3H3,(H,29,33)/t26-/m1/s1. The number of sulfonamides is 1. The zero-order chi connectivity index (χ0) is 26.8. The molecule has 1 N–H and O–H groups in total. The molecule has 0 aliphatic heterocycles. The number of ether oxygens (including phenoxy) is 1. The van der Waals surface area contributed by atoms with Gasteiger partial charge in [0.15, 0.2) is 0 Å². The van der Waals surface area contributed by atoms with Gasteiger partial charge in [0.1, 0.15) is 24.9 Å². The molecule has 0 heterocycles. The van der Waals surface area contributed by atoms with E-state index in [9.17, 15) is 18.0 Å². The number of nitrogens with zero attached hydrogens (tertiary/aromatic N) is 2. The highest BCUT2D eigenvalue weighted by molar-refractivity contribution is 7.92. The normalized spacial score (nSPS) is 11.9. The van der Waals surface area contributed by atoms with Gasteiger partial charge in [-0.15, -0.1) is 0 Å². The van der Waals surface area contributed by atoms with Gasteiger partial charge in [-0.3, -0.25) is 13.9 Å². The molecule has 3 rings (SSSR count). The third-order valence-corrected chi connectivity index (χ3v) is 7.02. The summed E-state index contributed by atoms with van der Waals surface area (Å²) in [6, 6.07) is 24.8. The van der Waals surface area contributed by atoms with E-state index in [4.69, 9.17) is 4.74 Å². The molecule has 0 radical (unpaired) electrons. The molecule has 196 valence electrons. The fraction of sp³-hybridized carbons (Fsp3) is 0.286. The number of likely N-dealkylation sites (N-methyl/N-ethyl adjacent to an activating group) is 1. The summed E-state index contributed by atoms with van der Waals surface area (Å²) in [4.78, 5) is 27.6. The Morgan fingerprint density at radius 1 is 0.892 bits per heavy atom. The monoisotopic (exact) mass is 523 g/mol. The molecular weight excluding hydrogens is 490 g/mol. The summed E-state index contributed by atoms with van der Waals surface area (Å²) in [6.07, 6.45) is 1.43. The highest BCUT2D eigenvalue weighted by Gasteiger charge is 2.31. The highest BCUT2D eigenvalue weighted by atomic mass is 32.2. The van der Waals surface area contributed by atoms with Crippen LogP contribution in [0.25, 0.3) is 0 Å². The van der Waals surface area contributed by atoms with Crippen molar-refractivity contribution in [1.29, 1.82) is 0 Å². The maximum absolute atomic E-state index is 13.5. The van der Waals surface area contributed by atoms with Crippen LogP contribution in [0.15, 0.2) is 84.9 Å². The third-order valence-electron chi connectivity index (χ3n) is 5.88. The van der Waals surface area contributed by atoms with E-state index in [1.54, 1.807) is 24.3 Å². The van der Waals surface area contributed by atoms with Crippen molar-refractivity contribution in [2.24, 2.45) is 0 Å². The minimum absolute atomic E-state index is 0.176. The van der Waals surface area contributed by atoms with Gasteiger partial charge in [-0.1, -0.05) is 67.6 Å². The predicted octanol–water partition coefficient (Wildman–Crippen LogP) is 3.59. The van der Waals surface area contributed by atoms with Crippen LogP contribution in [0.2, 0.25) is 0 Å². The summed E-state index contributed by atoms with van der Waals surface area (Å²) in [5.74, 6) is -0.213. The summed E-state index contributed by atoms with van der Waals surface area (Å²) < 4.78 is 32.3. The Bertz CT molecular complexity index is 1270. The molecule has 0 unspecified atom stereocenters. The maximum Gasteiger partial charge on any atom is 0.244 e. The van der Waals surface area contributed by atoms with Gasteiger partial charge >= 0.3 is 0 Å². The topological polar surface area (TPSA) is 96.0 Å². The van der Waals surface area contributed by atoms with Crippen molar-refractivity contribution in [3.8, 4) is 5.75 Å². The van der Waals surface area contributed by atoms with Crippen molar-refractivity contribution in [1.82, 2.24) is 10.2 Å². The summed E-state index contributed by atoms with van der Waals surface area (Å²) in [6.45, 7) is 1.92. The van der Waals surface area contributed by atoms with Crippen LogP contribution in [0.1, 0.15) is 24.5 Å². The van der Waals surface area contributed by atoms with Crippen LogP contribution in [-0.4, -0.2) is 51.0 Å². The number of hydrogen-bond acceptors (Lipinski definition) is 5. The number of carbonyl (C=O) groups excluding carboxylic acids is 2. The summed E-state index contributed by atoms with van der Waals surface area (Å²) in [5, 5.41) is 2.60. The molecule has 2 amide bonds. The van der Waals surface area contributed by atoms with E-state index in [0.29, 0.717) is 24.5 Å². The third kappa shape index (κ3) is 7.82. The number of rotatable bonds is 12. The molecule has 0 spiro atoms. The Morgan fingerprint density at radius 3 is 1.97 bits per heavy atom. The Balaban J connectivity index is 1.82.